The van der Waals surface area contributed by atoms with E-state index in [4.69, 9.17) is 4.74 Å². The number of fused-ring (bicyclic) bond motifs is 4. The highest BCUT2D eigenvalue weighted by atomic mass is 16.5. The summed E-state index contributed by atoms with van der Waals surface area (Å²) in [5.74, 6) is 0.881. The third kappa shape index (κ3) is 3.61. The van der Waals surface area contributed by atoms with Crippen molar-refractivity contribution in [3.8, 4) is 17.0 Å². The molecular formula is C29H29N3O. The summed E-state index contributed by atoms with van der Waals surface area (Å²) in [4.78, 5) is 7.33. The van der Waals surface area contributed by atoms with Crippen LogP contribution in [0.5, 0.6) is 5.75 Å². The predicted octanol–water partition coefficient (Wildman–Crippen LogP) is 7.05. The highest BCUT2D eigenvalue weighted by Gasteiger charge is 2.25. The van der Waals surface area contributed by atoms with Crippen LogP contribution in [0.2, 0.25) is 0 Å². The SMILES string of the molecule is COc1ccc2[nH]c(-c3ccc4[nH]c5c(c4c3)CCC[C@H]5N[C@H](C)c3ccccc3)cc2c1. The topological polar surface area (TPSA) is 52.8 Å². The molecule has 0 saturated carbocycles. The van der Waals surface area contributed by atoms with Crippen LogP contribution in [0.1, 0.15) is 48.7 Å². The molecule has 2 heterocycles. The summed E-state index contributed by atoms with van der Waals surface area (Å²) in [6.07, 6.45) is 3.49. The van der Waals surface area contributed by atoms with E-state index in [1.165, 1.54) is 45.1 Å². The molecular weight excluding hydrogens is 406 g/mol. The van der Waals surface area contributed by atoms with Crippen molar-refractivity contribution in [2.24, 2.45) is 0 Å². The highest BCUT2D eigenvalue weighted by molar-refractivity contribution is 5.92. The van der Waals surface area contributed by atoms with Gasteiger partial charge >= 0.3 is 0 Å². The lowest BCUT2D eigenvalue weighted by molar-refractivity contribution is 0.410. The molecule has 2 atom stereocenters. The van der Waals surface area contributed by atoms with Crippen LogP contribution >= 0.6 is 0 Å². The summed E-state index contributed by atoms with van der Waals surface area (Å²) in [6.45, 7) is 2.26. The molecule has 0 unspecified atom stereocenters. The second kappa shape index (κ2) is 8.13. The van der Waals surface area contributed by atoms with Gasteiger partial charge in [-0.25, -0.2) is 0 Å². The average Bonchev–Trinajstić information content (AvgIpc) is 3.45. The van der Waals surface area contributed by atoms with Crippen molar-refractivity contribution < 1.29 is 4.74 Å². The average molecular weight is 436 g/mol. The molecule has 1 aliphatic carbocycles. The Morgan fingerprint density at radius 1 is 0.939 bits per heavy atom. The maximum atomic E-state index is 5.39. The molecule has 0 aliphatic heterocycles. The Morgan fingerprint density at radius 3 is 2.64 bits per heavy atom. The van der Waals surface area contributed by atoms with E-state index >= 15 is 0 Å². The lowest BCUT2D eigenvalue weighted by atomic mass is 9.90. The third-order valence-corrected chi connectivity index (χ3v) is 7.10. The minimum absolute atomic E-state index is 0.312. The van der Waals surface area contributed by atoms with Crippen LogP contribution in [0.15, 0.2) is 72.8 Å². The van der Waals surface area contributed by atoms with E-state index in [9.17, 15) is 0 Å². The maximum absolute atomic E-state index is 5.39. The molecule has 5 aromatic rings. The van der Waals surface area contributed by atoms with E-state index in [0.717, 1.165) is 29.8 Å². The Balaban J connectivity index is 1.35. The summed E-state index contributed by atoms with van der Waals surface area (Å²) in [7, 11) is 1.71. The van der Waals surface area contributed by atoms with Gasteiger partial charge in [-0.1, -0.05) is 36.4 Å². The minimum atomic E-state index is 0.312. The summed E-state index contributed by atoms with van der Waals surface area (Å²) >= 11 is 0. The molecule has 0 amide bonds. The van der Waals surface area contributed by atoms with Gasteiger partial charge in [-0.15, -0.1) is 0 Å². The molecule has 6 rings (SSSR count). The first-order valence-electron chi connectivity index (χ1n) is 11.8. The second-order valence-corrected chi connectivity index (χ2v) is 9.16. The molecule has 0 bridgehead atoms. The molecule has 0 radical (unpaired) electrons. The zero-order valence-corrected chi connectivity index (χ0v) is 19.1. The van der Waals surface area contributed by atoms with Crippen molar-refractivity contribution in [2.45, 2.75) is 38.3 Å². The fourth-order valence-electron chi connectivity index (χ4n) is 5.33. The first-order valence-corrected chi connectivity index (χ1v) is 11.8. The predicted molar refractivity (Wildman–Crippen MR) is 136 cm³/mol. The zero-order valence-electron chi connectivity index (χ0n) is 19.1. The number of rotatable bonds is 5. The number of hydrogen-bond donors (Lipinski definition) is 3. The van der Waals surface area contributed by atoms with E-state index in [0.29, 0.717) is 12.1 Å². The molecule has 0 spiro atoms. The van der Waals surface area contributed by atoms with Gasteiger partial charge in [0.05, 0.1) is 7.11 Å². The van der Waals surface area contributed by atoms with Crippen LogP contribution in [0.4, 0.5) is 0 Å². The van der Waals surface area contributed by atoms with E-state index in [2.05, 4.69) is 88.9 Å². The highest BCUT2D eigenvalue weighted by Crippen LogP contribution is 2.38. The van der Waals surface area contributed by atoms with Crippen LogP contribution in [0.25, 0.3) is 33.1 Å². The maximum Gasteiger partial charge on any atom is 0.119 e. The van der Waals surface area contributed by atoms with Crippen molar-refractivity contribution in [1.29, 1.82) is 0 Å². The molecule has 4 heteroatoms. The molecule has 1 aliphatic rings. The molecule has 4 nitrogen and oxygen atoms in total. The molecule has 0 fully saturated rings. The van der Waals surface area contributed by atoms with Crippen LogP contribution in [0, 0.1) is 0 Å². The number of aryl methyl sites for hydroxylation is 1. The number of methoxy groups -OCH3 is 1. The van der Waals surface area contributed by atoms with Crippen LogP contribution in [0.3, 0.4) is 0 Å². The van der Waals surface area contributed by atoms with E-state index in [-0.39, 0.29) is 0 Å². The molecule has 3 N–H and O–H groups in total. The lowest BCUT2D eigenvalue weighted by Gasteiger charge is -2.27. The quantitative estimate of drug-likeness (QED) is 0.277. The monoisotopic (exact) mass is 435 g/mol. The molecule has 0 saturated heterocycles. The van der Waals surface area contributed by atoms with Gasteiger partial charge in [0.1, 0.15) is 5.75 Å². The van der Waals surface area contributed by atoms with E-state index in [1.807, 2.05) is 6.07 Å². The third-order valence-electron chi connectivity index (χ3n) is 7.10. The fourth-order valence-corrected chi connectivity index (χ4v) is 5.33. The van der Waals surface area contributed by atoms with Crippen LogP contribution in [-0.4, -0.2) is 17.1 Å². The fraction of sp³-hybridized carbons (Fsp3) is 0.241. The Kier molecular flexibility index (Phi) is 4.96. The Bertz CT molecular complexity index is 1430. The summed E-state index contributed by atoms with van der Waals surface area (Å²) in [6, 6.07) is 26.5. The standard InChI is InChI=1S/C29H29N3O/c1-18(19-7-4-3-5-8-19)30-27-10-6-9-23-24-16-20(11-13-26(24)32-29(23)27)28-17-21-15-22(33-2)12-14-25(21)31-28/h3-5,7-8,11-18,27,30-32H,6,9-10H2,1-2H3/t18-,27-/m1/s1. The minimum Gasteiger partial charge on any atom is -0.497 e. The number of aromatic amines is 2. The van der Waals surface area contributed by atoms with Gasteiger partial charge in [-0.3, -0.25) is 0 Å². The smallest absolute Gasteiger partial charge is 0.119 e. The zero-order chi connectivity index (χ0) is 22.4. The van der Waals surface area contributed by atoms with Gasteiger partial charge < -0.3 is 20.0 Å². The number of ether oxygens (including phenoxy) is 1. The van der Waals surface area contributed by atoms with Gasteiger partial charge in [-0.2, -0.15) is 0 Å². The van der Waals surface area contributed by atoms with Crippen molar-refractivity contribution >= 4 is 21.8 Å². The normalized spacial score (nSPS) is 16.7. The van der Waals surface area contributed by atoms with Gasteiger partial charge in [0.15, 0.2) is 0 Å². The van der Waals surface area contributed by atoms with Gasteiger partial charge in [0, 0.05) is 45.3 Å². The molecule has 166 valence electrons. The molecule has 33 heavy (non-hydrogen) atoms. The Morgan fingerprint density at radius 2 is 1.79 bits per heavy atom. The lowest BCUT2D eigenvalue weighted by Crippen LogP contribution is -2.27. The number of aromatic nitrogens is 2. The van der Waals surface area contributed by atoms with Crippen molar-refractivity contribution in [1.82, 2.24) is 15.3 Å². The van der Waals surface area contributed by atoms with Gasteiger partial charge in [0.2, 0.25) is 0 Å². The number of H-pyrrole nitrogens is 2. The van der Waals surface area contributed by atoms with E-state index in [1.54, 1.807) is 7.11 Å². The van der Waals surface area contributed by atoms with E-state index < -0.39 is 0 Å². The number of benzene rings is 3. The Labute approximate surface area is 194 Å². The van der Waals surface area contributed by atoms with Crippen LogP contribution < -0.4 is 10.1 Å². The largest absolute Gasteiger partial charge is 0.497 e. The van der Waals surface area contributed by atoms with Gasteiger partial charge in [-0.05, 0) is 79.3 Å². The van der Waals surface area contributed by atoms with Gasteiger partial charge in [0.25, 0.3) is 0 Å². The number of nitrogens with one attached hydrogen (secondary N) is 3. The summed E-state index contributed by atoms with van der Waals surface area (Å²) < 4.78 is 5.39. The van der Waals surface area contributed by atoms with Crippen molar-refractivity contribution in [2.75, 3.05) is 7.11 Å². The second-order valence-electron chi connectivity index (χ2n) is 9.16. The first kappa shape index (κ1) is 20.1. The summed E-state index contributed by atoms with van der Waals surface area (Å²) in [5, 5.41) is 6.39. The molecule has 3 aromatic carbocycles. The summed E-state index contributed by atoms with van der Waals surface area (Å²) in [5.41, 5.74) is 8.86. The van der Waals surface area contributed by atoms with Crippen molar-refractivity contribution in [3.63, 3.8) is 0 Å². The van der Waals surface area contributed by atoms with Crippen LogP contribution in [-0.2, 0) is 6.42 Å². The first-order chi connectivity index (χ1) is 16.2. The van der Waals surface area contributed by atoms with Crippen molar-refractivity contribution in [3.05, 3.63) is 89.6 Å². The molecule has 2 aromatic heterocycles. The Hall–Kier alpha value is -3.50. The number of hydrogen-bond acceptors (Lipinski definition) is 2.